The van der Waals surface area contributed by atoms with Crippen molar-refractivity contribution in [2.24, 2.45) is 5.10 Å². The Hall–Kier alpha value is -1.84. The Balaban J connectivity index is 2.32. The average molecular weight is 317 g/mol. The minimum absolute atomic E-state index is 0.00231. The predicted molar refractivity (Wildman–Crippen MR) is 99.1 cm³/mol. The number of anilines is 1. The van der Waals surface area contributed by atoms with Crippen molar-refractivity contribution in [1.82, 2.24) is 5.43 Å². The number of nitrogens with one attached hydrogen (secondary N) is 1. The van der Waals surface area contributed by atoms with Crippen molar-refractivity contribution in [1.29, 1.82) is 0 Å². The van der Waals surface area contributed by atoms with Crippen molar-refractivity contribution >= 4 is 17.8 Å². The summed E-state index contributed by atoms with van der Waals surface area (Å²) < 4.78 is 0. The van der Waals surface area contributed by atoms with E-state index in [1.54, 1.807) is 6.21 Å². The molecule has 0 saturated carbocycles. The van der Waals surface area contributed by atoms with E-state index in [1.807, 2.05) is 12.1 Å². The van der Waals surface area contributed by atoms with Crippen molar-refractivity contribution in [2.45, 2.75) is 59.3 Å². The van der Waals surface area contributed by atoms with Crippen molar-refractivity contribution in [3.63, 3.8) is 0 Å². The Labute approximate surface area is 141 Å². The first-order valence-electron chi connectivity index (χ1n) is 8.88. The topological polar surface area (TPSA) is 44.7 Å². The van der Waals surface area contributed by atoms with Crippen LogP contribution in [0.25, 0.3) is 0 Å². The number of carbonyl (C=O) groups excluding carboxylic acids is 1. The molecular formula is C19H31N3O. The second kappa shape index (κ2) is 11.7. The van der Waals surface area contributed by atoms with Gasteiger partial charge >= 0.3 is 0 Å². The number of hydrazone groups is 1. The van der Waals surface area contributed by atoms with E-state index in [1.165, 1.54) is 24.9 Å². The van der Waals surface area contributed by atoms with Crippen LogP contribution in [0.2, 0.25) is 0 Å². The molecule has 0 aliphatic carbocycles. The number of benzene rings is 1. The number of rotatable bonds is 11. The van der Waals surface area contributed by atoms with E-state index in [4.69, 9.17) is 0 Å². The fourth-order valence-corrected chi connectivity index (χ4v) is 2.48. The van der Waals surface area contributed by atoms with Gasteiger partial charge in [0.15, 0.2) is 0 Å². The van der Waals surface area contributed by atoms with Crippen molar-refractivity contribution in [3.8, 4) is 0 Å². The maximum Gasteiger partial charge on any atom is 0.240 e. The molecule has 1 aromatic rings. The Morgan fingerprint density at radius 2 is 1.70 bits per heavy atom. The van der Waals surface area contributed by atoms with Crippen molar-refractivity contribution in [2.75, 3.05) is 18.0 Å². The van der Waals surface area contributed by atoms with Gasteiger partial charge in [0, 0.05) is 25.2 Å². The van der Waals surface area contributed by atoms with E-state index in [9.17, 15) is 4.79 Å². The summed E-state index contributed by atoms with van der Waals surface area (Å²) in [6.45, 7) is 8.49. The van der Waals surface area contributed by atoms with Gasteiger partial charge in [0.05, 0.1) is 6.21 Å². The largest absolute Gasteiger partial charge is 0.372 e. The molecule has 0 spiro atoms. The van der Waals surface area contributed by atoms with E-state index < -0.39 is 0 Å². The highest BCUT2D eigenvalue weighted by molar-refractivity contribution is 5.82. The summed E-state index contributed by atoms with van der Waals surface area (Å²) in [5, 5.41) is 4.03. The molecule has 0 fully saturated rings. The molecule has 128 valence electrons. The molecule has 0 aliphatic rings. The number of hydrogen-bond donors (Lipinski definition) is 1. The van der Waals surface area contributed by atoms with E-state index in [-0.39, 0.29) is 5.91 Å². The van der Waals surface area contributed by atoms with Gasteiger partial charge in [-0.15, -0.1) is 0 Å². The molecule has 23 heavy (non-hydrogen) atoms. The van der Waals surface area contributed by atoms with Gasteiger partial charge in [0.2, 0.25) is 5.91 Å². The van der Waals surface area contributed by atoms with Crippen LogP contribution < -0.4 is 10.3 Å². The molecule has 0 radical (unpaired) electrons. The SMILES string of the molecule is CCCCCCCC(=O)NN=Cc1ccc(N(CC)CC)cc1. The van der Waals surface area contributed by atoms with Crippen molar-refractivity contribution < 1.29 is 4.79 Å². The van der Waals surface area contributed by atoms with Gasteiger partial charge in [-0.3, -0.25) is 4.79 Å². The third kappa shape index (κ3) is 7.82. The third-order valence-corrected chi connectivity index (χ3v) is 3.93. The number of unbranched alkanes of at least 4 members (excludes halogenated alkanes) is 4. The van der Waals surface area contributed by atoms with E-state index in [2.05, 4.69) is 48.3 Å². The van der Waals surface area contributed by atoms with Gasteiger partial charge in [-0.1, -0.05) is 44.7 Å². The zero-order valence-electron chi connectivity index (χ0n) is 14.8. The fourth-order valence-electron chi connectivity index (χ4n) is 2.48. The van der Waals surface area contributed by atoms with Crippen LogP contribution in [0, 0.1) is 0 Å². The zero-order valence-corrected chi connectivity index (χ0v) is 14.8. The predicted octanol–water partition coefficient (Wildman–Crippen LogP) is 4.34. The third-order valence-electron chi connectivity index (χ3n) is 3.93. The Kier molecular flexibility index (Phi) is 9.76. The summed E-state index contributed by atoms with van der Waals surface area (Å²) in [6.07, 6.45) is 8.01. The lowest BCUT2D eigenvalue weighted by Gasteiger charge is -2.20. The Morgan fingerprint density at radius 1 is 1.04 bits per heavy atom. The summed E-state index contributed by atoms with van der Waals surface area (Å²) in [4.78, 5) is 13.9. The lowest BCUT2D eigenvalue weighted by Crippen LogP contribution is -2.21. The molecule has 0 saturated heterocycles. The van der Waals surface area contributed by atoms with E-state index >= 15 is 0 Å². The minimum Gasteiger partial charge on any atom is -0.372 e. The summed E-state index contributed by atoms with van der Waals surface area (Å²) in [7, 11) is 0. The average Bonchev–Trinajstić information content (AvgIpc) is 2.57. The van der Waals surface area contributed by atoms with Crippen molar-refractivity contribution in [3.05, 3.63) is 29.8 Å². The van der Waals surface area contributed by atoms with Crippen LogP contribution in [0.4, 0.5) is 5.69 Å². The second-order valence-corrected chi connectivity index (χ2v) is 5.72. The van der Waals surface area contributed by atoms with Crippen LogP contribution in [0.5, 0.6) is 0 Å². The number of hydrogen-bond acceptors (Lipinski definition) is 3. The fraction of sp³-hybridized carbons (Fsp3) is 0.579. The summed E-state index contributed by atoms with van der Waals surface area (Å²) in [5.41, 5.74) is 4.80. The normalized spacial score (nSPS) is 10.9. The molecule has 4 heteroatoms. The summed E-state index contributed by atoms with van der Waals surface area (Å²) >= 11 is 0. The van der Waals surface area contributed by atoms with Crippen LogP contribution in [0.15, 0.2) is 29.4 Å². The van der Waals surface area contributed by atoms with Gasteiger partial charge < -0.3 is 4.90 Å². The molecule has 0 atom stereocenters. The first kappa shape index (κ1) is 19.2. The molecule has 1 rings (SSSR count). The molecule has 0 unspecified atom stereocenters. The second-order valence-electron chi connectivity index (χ2n) is 5.72. The van der Waals surface area contributed by atoms with Crippen LogP contribution >= 0.6 is 0 Å². The first-order valence-corrected chi connectivity index (χ1v) is 8.88. The van der Waals surface area contributed by atoms with E-state index in [0.717, 1.165) is 31.5 Å². The molecule has 1 N–H and O–H groups in total. The zero-order chi connectivity index (χ0) is 16.9. The smallest absolute Gasteiger partial charge is 0.240 e. The molecule has 0 bridgehead atoms. The highest BCUT2D eigenvalue weighted by Gasteiger charge is 2.01. The van der Waals surface area contributed by atoms with Crippen LogP contribution in [0.1, 0.15) is 64.9 Å². The van der Waals surface area contributed by atoms with Gasteiger partial charge in [-0.05, 0) is 38.0 Å². The maximum atomic E-state index is 11.7. The Morgan fingerprint density at radius 3 is 2.30 bits per heavy atom. The number of nitrogens with zero attached hydrogens (tertiary/aromatic N) is 2. The summed E-state index contributed by atoms with van der Waals surface area (Å²) in [5.74, 6) is -0.00231. The van der Waals surface area contributed by atoms with Gasteiger partial charge in [-0.25, -0.2) is 5.43 Å². The highest BCUT2D eigenvalue weighted by Crippen LogP contribution is 2.13. The maximum absolute atomic E-state index is 11.7. The van der Waals surface area contributed by atoms with Gasteiger partial charge in [-0.2, -0.15) is 5.10 Å². The monoisotopic (exact) mass is 317 g/mol. The number of amides is 1. The highest BCUT2D eigenvalue weighted by atomic mass is 16.2. The van der Waals surface area contributed by atoms with Crippen LogP contribution in [0.3, 0.4) is 0 Å². The van der Waals surface area contributed by atoms with Crippen LogP contribution in [-0.4, -0.2) is 25.2 Å². The molecule has 1 amide bonds. The van der Waals surface area contributed by atoms with E-state index in [0.29, 0.717) is 6.42 Å². The molecule has 4 nitrogen and oxygen atoms in total. The molecule has 1 aromatic carbocycles. The molecule has 0 aliphatic heterocycles. The van der Waals surface area contributed by atoms with Gasteiger partial charge in [0.1, 0.15) is 0 Å². The molecule has 0 aromatic heterocycles. The minimum atomic E-state index is -0.00231. The summed E-state index contributed by atoms with van der Waals surface area (Å²) in [6, 6.07) is 8.22. The first-order chi connectivity index (χ1) is 11.2. The standard InChI is InChI=1S/C19H31N3O/c1-4-7-8-9-10-11-19(23)21-20-16-17-12-14-18(15-13-17)22(5-2)6-3/h12-16H,4-11H2,1-3H3,(H,21,23). The lowest BCUT2D eigenvalue weighted by molar-refractivity contribution is -0.121. The Bertz CT molecular complexity index is 464. The number of carbonyl (C=O) groups is 1. The molecule has 0 heterocycles. The lowest BCUT2D eigenvalue weighted by atomic mass is 10.1. The van der Waals surface area contributed by atoms with Gasteiger partial charge in [0.25, 0.3) is 0 Å². The van der Waals surface area contributed by atoms with Crippen LogP contribution in [-0.2, 0) is 4.79 Å². The molecular weight excluding hydrogens is 286 g/mol. The quantitative estimate of drug-likeness (QED) is 0.375.